The molecule has 0 saturated carbocycles. The van der Waals surface area contributed by atoms with Crippen LogP contribution in [0, 0.1) is 6.92 Å². The van der Waals surface area contributed by atoms with Crippen LogP contribution in [0.25, 0.3) is 0 Å². The SMILES string of the molecule is COc1cc(NS(=O)(=O)c2ccc(NC(=O)c3nn(C)c(C)c3Br)cc2)nc(OC)n1. The Labute approximate surface area is 187 Å². The molecule has 0 fully saturated rings. The van der Waals surface area contributed by atoms with Gasteiger partial charge in [-0.05, 0) is 47.1 Å². The van der Waals surface area contributed by atoms with E-state index in [1.54, 1.807) is 11.7 Å². The standard InChI is InChI=1S/C18H19BrN6O5S/c1-10-15(19)16(23-25(10)2)17(26)20-11-5-7-12(8-6-11)31(27,28)24-13-9-14(29-3)22-18(21-13)30-4/h5-9H,1-4H3,(H,20,26)(H,21,22,24). The van der Waals surface area contributed by atoms with Gasteiger partial charge in [-0.1, -0.05) is 0 Å². The van der Waals surface area contributed by atoms with Gasteiger partial charge in [0.15, 0.2) is 11.5 Å². The normalized spacial score (nSPS) is 11.1. The van der Waals surface area contributed by atoms with E-state index in [0.717, 1.165) is 5.69 Å². The number of aromatic nitrogens is 4. The number of hydrogen-bond donors (Lipinski definition) is 2. The fourth-order valence-corrected chi connectivity index (χ4v) is 3.99. The van der Waals surface area contributed by atoms with Gasteiger partial charge in [0, 0.05) is 18.8 Å². The molecule has 11 nitrogen and oxygen atoms in total. The number of benzene rings is 1. The van der Waals surface area contributed by atoms with E-state index in [-0.39, 0.29) is 28.3 Å². The van der Waals surface area contributed by atoms with E-state index < -0.39 is 15.9 Å². The quantitative estimate of drug-likeness (QED) is 0.493. The highest BCUT2D eigenvalue weighted by atomic mass is 79.9. The third kappa shape index (κ3) is 4.94. The number of methoxy groups -OCH3 is 2. The predicted octanol–water partition coefficient (Wildman–Crippen LogP) is 2.35. The lowest BCUT2D eigenvalue weighted by atomic mass is 10.3. The van der Waals surface area contributed by atoms with Crippen molar-refractivity contribution in [3.63, 3.8) is 0 Å². The number of sulfonamides is 1. The van der Waals surface area contributed by atoms with E-state index in [1.165, 1.54) is 44.6 Å². The maximum Gasteiger partial charge on any atom is 0.321 e. The summed E-state index contributed by atoms with van der Waals surface area (Å²) in [6.45, 7) is 1.82. The van der Waals surface area contributed by atoms with Crippen molar-refractivity contribution in [3.05, 3.63) is 46.2 Å². The average Bonchev–Trinajstić information content (AvgIpc) is 3.00. The number of carbonyl (C=O) groups excluding carboxylic acids is 1. The molecule has 31 heavy (non-hydrogen) atoms. The van der Waals surface area contributed by atoms with Crippen LogP contribution in [0.15, 0.2) is 39.7 Å². The van der Waals surface area contributed by atoms with Gasteiger partial charge in [-0.15, -0.1) is 0 Å². The van der Waals surface area contributed by atoms with Crippen molar-refractivity contribution in [2.24, 2.45) is 7.05 Å². The maximum absolute atomic E-state index is 12.7. The minimum Gasteiger partial charge on any atom is -0.481 e. The van der Waals surface area contributed by atoms with Gasteiger partial charge in [-0.2, -0.15) is 15.1 Å². The highest BCUT2D eigenvalue weighted by Gasteiger charge is 2.19. The Bertz CT molecular complexity index is 1200. The molecular formula is C18H19BrN6O5S. The molecule has 0 spiro atoms. The molecule has 0 aliphatic carbocycles. The summed E-state index contributed by atoms with van der Waals surface area (Å²) in [6, 6.07) is 6.92. The lowest BCUT2D eigenvalue weighted by Gasteiger charge is -2.10. The van der Waals surface area contributed by atoms with Crippen LogP contribution >= 0.6 is 15.9 Å². The van der Waals surface area contributed by atoms with Gasteiger partial charge in [-0.25, -0.2) is 8.42 Å². The molecule has 0 atom stereocenters. The zero-order chi connectivity index (χ0) is 22.8. The van der Waals surface area contributed by atoms with Gasteiger partial charge in [-0.3, -0.25) is 14.2 Å². The lowest BCUT2D eigenvalue weighted by molar-refractivity contribution is 0.102. The summed E-state index contributed by atoms with van der Waals surface area (Å²) < 4.78 is 39.8. The molecule has 13 heteroatoms. The molecule has 1 amide bonds. The molecular weight excluding hydrogens is 492 g/mol. The Morgan fingerprint density at radius 1 is 1.13 bits per heavy atom. The summed E-state index contributed by atoms with van der Waals surface area (Å²) in [7, 11) is 0.510. The van der Waals surface area contributed by atoms with Crippen LogP contribution in [0.2, 0.25) is 0 Å². The molecule has 0 aliphatic heterocycles. The molecule has 2 heterocycles. The van der Waals surface area contributed by atoms with Crippen LogP contribution in [0.1, 0.15) is 16.2 Å². The molecule has 2 aromatic heterocycles. The summed E-state index contributed by atoms with van der Waals surface area (Å²) in [5, 5.41) is 6.84. The first-order valence-electron chi connectivity index (χ1n) is 8.75. The fourth-order valence-electron chi connectivity index (χ4n) is 2.48. The highest BCUT2D eigenvalue weighted by molar-refractivity contribution is 9.10. The largest absolute Gasteiger partial charge is 0.481 e. The Morgan fingerprint density at radius 2 is 1.81 bits per heavy atom. The van der Waals surface area contributed by atoms with Crippen molar-refractivity contribution >= 4 is 43.4 Å². The van der Waals surface area contributed by atoms with Gasteiger partial charge >= 0.3 is 6.01 Å². The van der Waals surface area contributed by atoms with Gasteiger partial charge in [0.25, 0.3) is 15.9 Å². The fraction of sp³-hybridized carbons (Fsp3) is 0.222. The minimum atomic E-state index is -3.96. The van der Waals surface area contributed by atoms with E-state index >= 15 is 0 Å². The smallest absolute Gasteiger partial charge is 0.321 e. The van der Waals surface area contributed by atoms with Crippen LogP contribution < -0.4 is 19.5 Å². The van der Waals surface area contributed by atoms with Crippen molar-refractivity contribution in [3.8, 4) is 11.9 Å². The third-order valence-electron chi connectivity index (χ3n) is 4.21. The molecule has 0 radical (unpaired) electrons. The summed E-state index contributed by atoms with van der Waals surface area (Å²) in [5.74, 6) is -0.306. The topological polar surface area (TPSA) is 137 Å². The van der Waals surface area contributed by atoms with E-state index in [2.05, 4.69) is 41.0 Å². The number of nitrogens with zero attached hydrogens (tertiary/aromatic N) is 4. The summed E-state index contributed by atoms with van der Waals surface area (Å²) in [4.78, 5) is 20.3. The second-order valence-electron chi connectivity index (χ2n) is 6.24. The Balaban J connectivity index is 1.77. The highest BCUT2D eigenvalue weighted by Crippen LogP contribution is 2.23. The molecule has 0 saturated heterocycles. The van der Waals surface area contributed by atoms with Crippen LogP contribution in [-0.2, 0) is 17.1 Å². The molecule has 0 aliphatic rings. The number of amides is 1. The predicted molar refractivity (Wildman–Crippen MR) is 116 cm³/mol. The van der Waals surface area contributed by atoms with Gasteiger partial charge in [0.1, 0.15) is 0 Å². The second kappa shape index (κ2) is 8.89. The number of hydrogen-bond acceptors (Lipinski definition) is 8. The molecule has 164 valence electrons. The Hall–Kier alpha value is -3.19. The first kappa shape index (κ1) is 22.5. The van der Waals surface area contributed by atoms with Gasteiger partial charge in [0.05, 0.1) is 29.3 Å². The van der Waals surface area contributed by atoms with E-state index in [1.807, 2.05) is 6.92 Å². The Morgan fingerprint density at radius 3 is 2.35 bits per heavy atom. The van der Waals surface area contributed by atoms with Crippen LogP contribution in [0.4, 0.5) is 11.5 Å². The van der Waals surface area contributed by atoms with Gasteiger partial charge < -0.3 is 14.8 Å². The first-order chi connectivity index (χ1) is 14.6. The van der Waals surface area contributed by atoms with Crippen molar-refractivity contribution in [1.29, 1.82) is 0 Å². The third-order valence-corrected chi connectivity index (χ3v) is 6.53. The number of rotatable bonds is 7. The molecule has 3 aromatic rings. The average molecular weight is 511 g/mol. The van der Waals surface area contributed by atoms with Crippen molar-refractivity contribution in [1.82, 2.24) is 19.7 Å². The van der Waals surface area contributed by atoms with Crippen LogP contribution in [0.3, 0.4) is 0 Å². The number of nitrogens with one attached hydrogen (secondary N) is 2. The summed E-state index contributed by atoms with van der Waals surface area (Å²) in [5.41, 5.74) is 1.44. The van der Waals surface area contributed by atoms with E-state index in [9.17, 15) is 13.2 Å². The zero-order valence-corrected chi connectivity index (χ0v) is 19.4. The monoisotopic (exact) mass is 510 g/mol. The van der Waals surface area contributed by atoms with Crippen LogP contribution in [0.5, 0.6) is 11.9 Å². The second-order valence-corrected chi connectivity index (χ2v) is 8.71. The number of ether oxygens (including phenoxy) is 2. The van der Waals surface area contributed by atoms with Gasteiger partial charge in [0.2, 0.25) is 5.88 Å². The molecule has 2 N–H and O–H groups in total. The number of aryl methyl sites for hydroxylation is 1. The van der Waals surface area contributed by atoms with E-state index in [0.29, 0.717) is 10.2 Å². The zero-order valence-electron chi connectivity index (χ0n) is 17.0. The van der Waals surface area contributed by atoms with Crippen molar-refractivity contribution in [2.45, 2.75) is 11.8 Å². The summed E-state index contributed by atoms with van der Waals surface area (Å²) in [6.07, 6.45) is 0. The number of halogens is 1. The Kier molecular flexibility index (Phi) is 6.45. The summed E-state index contributed by atoms with van der Waals surface area (Å²) >= 11 is 3.34. The maximum atomic E-state index is 12.7. The molecule has 0 bridgehead atoms. The number of anilines is 2. The van der Waals surface area contributed by atoms with Crippen molar-refractivity contribution < 1.29 is 22.7 Å². The molecule has 1 aromatic carbocycles. The lowest BCUT2D eigenvalue weighted by Crippen LogP contribution is -2.16. The van der Waals surface area contributed by atoms with E-state index in [4.69, 9.17) is 9.47 Å². The van der Waals surface area contributed by atoms with Crippen LogP contribution in [-0.4, -0.2) is 48.3 Å². The first-order valence-corrected chi connectivity index (χ1v) is 11.0. The minimum absolute atomic E-state index is 0.0172. The molecule has 3 rings (SSSR count). The number of carbonyl (C=O) groups is 1. The van der Waals surface area contributed by atoms with Crippen molar-refractivity contribution in [2.75, 3.05) is 24.3 Å². The molecule has 0 unspecified atom stereocenters.